The molecule has 11 nitrogen and oxygen atoms in total. The maximum absolute atomic E-state index is 14.7. The summed E-state index contributed by atoms with van der Waals surface area (Å²) in [4.78, 5) is 32.6. The van der Waals surface area contributed by atoms with Gasteiger partial charge in [-0.1, -0.05) is 0 Å². The lowest BCUT2D eigenvalue weighted by atomic mass is 10.1. The Bertz CT molecular complexity index is 1280. The van der Waals surface area contributed by atoms with Crippen molar-refractivity contribution in [1.29, 1.82) is 0 Å². The number of hydrogen-bond acceptors (Lipinski definition) is 9. The second-order valence-electron chi connectivity index (χ2n) is 9.25. The van der Waals surface area contributed by atoms with Gasteiger partial charge in [-0.05, 0) is 82.7 Å². The third-order valence-corrected chi connectivity index (χ3v) is 6.10. The number of halogens is 1. The lowest BCUT2D eigenvalue weighted by molar-refractivity contribution is -0.384. The molecule has 0 amide bonds. The summed E-state index contributed by atoms with van der Waals surface area (Å²) in [7, 11) is 3.55. The zero-order chi connectivity index (χ0) is 27.5. The van der Waals surface area contributed by atoms with Crippen LogP contribution < -0.4 is 32.1 Å². The lowest BCUT2D eigenvalue weighted by Crippen LogP contribution is -2.22. The predicted octanol–water partition coefficient (Wildman–Crippen LogP) is 2.81. The van der Waals surface area contributed by atoms with E-state index in [9.17, 15) is 19.3 Å². The highest BCUT2D eigenvalue weighted by Crippen LogP contribution is 2.31. The van der Waals surface area contributed by atoms with Crippen LogP contribution in [0.5, 0.6) is 0 Å². The molecule has 0 saturated heterocycles. The van der Waals surface area contributed by atoms with E-state index in [1.54, 1.807) is 31.1 Å². The molecule has 0 bridgehead atoms. The third kappa shape index (κ3) is 7.94. The number of anilines is 2. The van der Waals surface area contributed by atoms with E-state index >= 15 is 0 Å². The van der Waals surface area contributed by atoms with Gasteiger partial charge in [0.1, 0.15) is 11.6 Å². The largest absolute Gasteiger partial charge is 0.383 e. The topological polar surface area (TPSA) is 154 Å². The highest BCUT2D eigenvalue weighted by Gasteiger charge is 2.20. The Balaban J connectivity index is 1.62. The molecule has 0 aliphatic heterocycles. The number of nitro groups is 1. The van der Waals surface area contributed by atoms with Crippen LogP contribution in [0, 0.1) is 15.9 Å². The van der Waals surface area contributed by atoms with Gasteiger partial charge in [-0.15, -0.1) is 0 Å². The van der Waals surface area contributed by atoms with Crippen LogP contribution >= 0.6 is 0 Å². The molecule has 12 heteroatoms. The van der Waals surface area contributed by atoms with Crippen molar-refractivity contribution in [3.8, 4) is 11.4 Å². The summed E-state index contributed by atoms with van der Waals surface area (Å²) >= 11 is 0. The third-order valence-electron chi connectivity index (χ3n) is 6.10. The Morgan fingerprint density at radius 1 is 1.03 bits per heavy atom. The van der Waals surface area contributed by atoms with E-state index < -0.39 is 16.3 Å². The van der Waals surface area contributed by atoms with Gasteiger partial charge in [-0.25, -0.2) is 9.37 Å². The summed E-state index contributed by atoms with van der Waals surface area (Å²) in [5, 5.41) is 21.6. The molecule has 0 saturated carbocycles. The minimum Gasteiger partial charge on any atom is -0.383 e. The number of H-pyrrole nitrogens is 1. The van der Waals surface area contributed by atoms with Crippen LogP contribution in [0.4, 0.5) is 21.5 Å². The molecule has 0 aliphatic carbocycles. The van der Waals surface area contributed by atoms with Crippen LogP contribution in [0.2, 0.25) is 0 Å². The number of nitrogens with zero attached hydrogens (tertiary/aromatic N) is 3. The monoisotopic (exact) mass is 528 g/mol. The number of nitrogens with one attached hydrogen (secondary N) is 4. The smallest absolute Gasteiger partial charge is 0.282 e. The minimum atomic E-state index is -0.569. The van der Waals surface area contributed by atoms with E-state index in [1.807, 2.05) is 0 Å². The number of unbranched alkanes of at least 4 members (excludes halogenated alkanes) is 1. The Kier molecular flexibility index (Phi) is 10.9. The van der Waals surface area contributed by atoms with Gasteiger partial charge < -0.3 is 31.6 Å². The first-order chi connectivity index (χ1) is 18.3. The fourth-order valence-electron chi connectivity index (χ4n) is 3.99. The molecule has 1 aromatic heterocycles. The van der Waals surface area contributed by atoms with Gasteiger partial charge in [-0.3, -0.25) is 14.9 Å². The summed E-state index contributed by atoms with van der Waals surface area (Å²) in [5.74, 6) is -0.509. The maximum Gasteiger partial charge on any atom is 0.282 e. The molecular weight excluding hydrogens is 491 g/mol. The first-order valence-electron chi connectivity index (χ1n) is 12.9. The molecule has 3 aromatic rings. The standard InChI is InChI=1S/C26H37FN8O3/c1-34(2)18-7-8-19(24(15-18)35(37)38)25-32-22-17-23(21(27)16-20(22)26(36)33-25)31-14-6-13-30-11-4-3-10-29-12-5-9-28/h7-8,15-17,29-31H,3-6,9-14,28H2,1-2H3,(H,32,33,36). The van der Waals surface area contributed by atoms with Crippen LogP contribution in [0.3, 0.4) is 0 Å². The minimum absolute atomic E-state index is 0.0517. The molecule has 2 aromatic carbocycles. The van der Waals surface area contributed by atoms with Gasteiger partial charge >= 0.3 is 0 Å². The quantitative estimate of drug-likeness (QED) is 0.107. The molecule has 0 atom stereocenters. The van der Waals surface area contributed by atoms with E-state index in [-0.39, 0.29) is 33.7 Å². The second kappa shape index (κ2) is 14.4. The van der Waals surface area contributed by atoms with Gasteiger partial charge in [0, 0.05) is 32.4 Å². The molecule has 0 unspecified atom stereocenters. The summed E-state index contributed by atoms with van der Waals surface area (Å²) < 4.78 is 14.7. The number of rotatable bonds is 16. The zero-order valence-electron chi connectivity index (χ0n) is 22.0. The number of hydrogen-bond donors (Lipinski definition) is 5. The number of aromatic amines is 1. The maximum atomic E-state index is 14.7. The average molecular weight is 529 g/mol. The molecule has 0 radical (unpaired) electrons. The van der Waals surface area contributed by atoms with Crippen molar-refractivity contribution < 1.29 is 9.31 Å². The van der Waals surface area contributed by atoms with E-state index in [0.717, 1.165) is 57.9 Å². The fourth-order valence-corrected chi connectivity index (χ4v) is 3.99. The summed E-state index contributed by atoms with van der Waals surface area (Å²) in [5.41, 5.74) is 6.00. The Hall–Kier alpha value is -3.61. The van der Waals surface area contributed by atoms with Crippen molar-refractivity contribution >= 4 is 28.0 Å². The van der Waals surface area contributed by atoms with E-state index in [4.69, 9.17) is 5.73 Å². The highest BCUT2D eigenvalue weighted by molar-refractivity contribution is 5.84. The zero-order valence-corrected chi connectivity index (χ0v) is 22.0. The first-order valence-corrected chi connectivity index (χ1v) is 12.9. The van der Waals surface area contributed by atoms with Gasteiger partial charge in [0.2, 0.25) is 0 Å². The van der Waals surface area contributed by atoms with E-state index in [1.165, 1.54) is 12.1 Å². The normalized spacial score (nSPS) is 11.2. The predicted molar refractivity (Wildman–Crippen MR) is 150 cm³/mol. The Labute approximate surface area is 221 Å². The first kappa shape index (κ1) is 29.0. The van der Waals surface area contributed by atoms with Crippen molar-refractivity contribution in [1.82, 2.24) is 20.6 Å². The summed E-state index contributed by atoms with van der Waals surface area (Å²) in [6.45, 7) is 4.88. The number of nitro benzene ring substituents is 1. The van der Waals surface area contributed by atoms with Crippen LogP contribution in [-0.2, 0) is 0 Å². The molecule has 38 heavy (non-hydrogen) atoms. The van der Waals surface area contributed by atoms with E-state index in [2.05, 4.69) is 25.9 Å². The Morgan fingerprint density at radius 2 is 1.71 bits per heavy atom. The van der Waals surface area contributed by atoms with Gasteiger partial charge in [-0.2, -0.15) is 0 Å². The van der Waals surface area contributed by atoms with E-state index in [0.29, 0.717) is 18.8 Å². The average Bonchev–Trinajstić information content (AvgIpc) is 2.89. The van der Waals surface area contributed by atoms with Gasteiger partial charge in [0.05, 0.1) is 27.1 Å². The van der Waals surface area contributed by atoms with Crippen molar-refractivity contribution in [2.24, 2.45) is 5.73 Å². The fraction of sp³-hybridized carbons (Fsp3) is 0.462. The number of fused-ring (bicyclic) bond motifs is 1. The van der Waals surface area contributed by atoms with Crippen LogP contribution in [0.15, 0.2) is 35.1 Å². The summed E-state index contributed by atoms with van der Waals surface area (Å²) in [6.07, 6.45) is 3.94. The SMILES string of the molecule is CN(C)c1ccc(-c2nc3cc(NCCCNCCCCNCCCN)c(F)cc3c(=O)[nH]2)c([N+](=O)[O-])c1. The van der Waals surface area contributed by atoms with Gasteiger partial charge in [0.25, 0.3) is 11.2 Å². The highest BCUT2D eigenvalue weighted by atomic mass is 19.1. The summed E-state index contributed by atoms with van der Waals surface area (Å²) in [6, 6.07) is 7.28. The lowest BCUT2D eigenvalue weighted by Gasteiger charge is -2.13. The molecule has 1 heterocycles. The molecule has 0 spiro atoms. The number of nitrogens with two attached hydrogens (primary N) is 1. The molecular formula is C26H37FN8O3. The molecule has 0 aliphatic rings. The second-order valence-corrected chi connectivity index (χ2v) is 9.25. The van der Waals surface area contributed by atoms with Crippen molar-refractivity contribution in [3.05, 3.63) is 56.6 Å². The number of benzene rings is 2. The molecule has 0 fully saturated rings. The molecule has 6 N–H and O–H groups in total. The Morgan fingerprint density at radius 3 is 2.37 bits per heavy atom. The van der Waals surface area contributed by atoms with Crippen LogP contribution in [0.25, 0.3) is 22.3 Å². The molecule has 3 rings (SSSR count). The number of aromatic nitrogens is 2. The molecule has 206 valence electrons. The van der Waals surface area contributed by atoms with Crippen molar-refractivity contribution in [3.63, 3.8) is 0 Å². The van der Waals surface area contributed by atoms with Crippen LogP contribution in [0.1, 0.15) is 25.7 Å². The van der Waals surface area contributed by atoms with Crippen LogP contribution in [-0.4, -0.2) is 68.3 Å². The van der Waals surface area contributed by atoms with Gasteiger partial charge in [0.15, 0.2) is 0 Å². The van der Waals surface area contributed by atoms with Crippen molar-refractivity contribution in [2.75, 3.05) is 63.6 Å². The van der Waals surface area contributed by atoms with Crippen molar-refractivity contribution in [2.45, 2.75) is 25.7 Å².